The first-order valence-corrected chi connectivity index (χ1v) is 13.3. The number of carbonyl (C=O) groups is 4. The molecule has 0 saturated heterocycles. The van der Waals surface area contributed by atoms with Gasteiger partial charge in [-0.15, -0.1) is 0 Å². The van der Waals surface area contributed by atoms with Crippen LogP contribution in [0, 0.1) is 13.8 Å². The summed E-state index contributed by atoms with van der Waals surface area (Å²) in [5.74, 6) is -1.07. The van der Waals surface area contributed by atoms with E-state index in [1.165, 1.54) is 35.5 Å². The van der Waals surface area contributed by atoms with Crippen LogP contribution in [0.15, 0.2) is 55.2 Å². The SMILES string of the molecule is CCN(C(=O)OCOC(=O)c1cccnc1)C(=O)c1cn2ncnc(Nc3cc(C(=O)NC4CC4)ccc3C)c2c1C. The van der Waals surface area contributed by atoms with Gasteiger partial charge in [0, 0.05) is 42.4 Å². The first-order chi connectivity index (χ1) is 20.3. The van der Waals surface area contributed by atoms with E-state index in [1.807, 2.05) is 13.0 Å². The number of carbonyl (C=O) groups excluding carboxylic acids is 4. The number of imide groups is 1. The van der Waals surface area contributed by atoms with Crippen molar-refractivity contribution in [2.45, 2.75) is 39.7 Å². The van der Waals surface area contributed by atoms with Crippen molar-refractivity contribution in [1.82, 2.24) is 29.8 Å². The zero-order valence-corrected chi connectivity index (χ0v) is 23.3. The Morgan fingerprint density at radius 2 is 1.90 bits per heavy atom. The summed E-state index contributed by atoms with van der Waals surface area (Å²) in [4.78, 5) is 60.0. The van der Waals surface area contributed by atoms with Gasteiger partial charge < -0.3 is 20.1 Å². The first kappa shape index (κ1) is 28.2. The molecule has 1 aliphatic rings. The molecule has 0 atom stereocenters. The summed E-state index contributed by atoms with van der Waals surface area (Å²) in [6.07, 6.45) is 6.68. The molecule has 4 aromatic rings. The summed E-state index contributed by atoms with van der Waals surface area (Å²) < 4.78 is 11.5. The van der Waals surface area contributed by atoms with Crippen molar-refractivity contribution in [1.29, 1.82) is 0 Å². The van der Waals surface area contributed by atoms with Crippen LogP contribution in [-0.2, 0) is 9.47 Å². The predicted molar refractivity (Wildman–Crippen MR) is 150 cm³/mol. The van der Waals surface area contributed by atoms with Crippen molar-refractivity contribution in [2.24, 2.45) is 0 Å². The van der Waals surface area contributed by atoms with Crippen LogP contribution in [0.2, 0.25) is 0 Å². The molecule has 2 N–H and O–H groups in total. The fraction of sp³-hybridized carbons (Fsp3) is 0.276. The first-order valence-electron chi connectivity index (χ1n) is 13.3. The number of benzene rings is 1. The molecule has 3 heterocycles. The predicted octanol–water partition coefficient (Wildman–Crippen LogP) is 3.79. The largest absolute Gasteiger partial charge is 0.424 e. The highest BCUT2D eigenvalue weighted by atomic mass is 16.7. The van der Waals surface area contributed by atoms with Crippen molar-refractivity contribution in [3.05, 3.63) is 83.1 Å². The third kappa shape index (κ3) is 6.04. The summed E-state index contributed by atoms with van der Waals surface area (Å²) in [5.41, 5.74) is 3.53. The molecule has 5 rings (SSSR count). The van der Waals surface area contributed by atoms with Gasteiger partial charge in [0.1, 0.15) is 11.8 Å². The summed E-state index contributed by atoms with van der Waals surface area (Å²) in [6, 6.07) is 8.69. The second kappa shape index (κ2) is 12.0. The van der Waals surface area contributed by atoms with Crippen molar-refractivity contribution in [3.63, 3.8) is 0 Å². The molecule has 216 valence electrons. The average Bonchev–Trinajstić information content (AvgIpc) is 3.74. The number of pyridine rings is 1. The molecule has 1 saturated carbocycles. The van der Waals surface area contributed by atoms with Gasteiger partial charge in [-0.3, -0.25) is 14.6 Å². The molecule has 0 bridgehead atoms. The number of aryl methyl sites for hydroxylation is 2. The normalized spacial score (nSPS) is 12.5. The smallest absolute Gasteiger partial charge is 0.419 e. The van der Waals surface area contributed by atoms with Crippen molar-refractivity contribution in [3.8, 4) is 0 Å². The third-order valence-electron chi connectivity index (χ3n) is 6.77. The Labute approximate surface area is 240 Å². The van der Waals surface area contributed by atoms with Gasteiger partial charge in [0.05, 0.1) is 11.1 Å². The Kier molecular flexibility index (Phi) is 8.09. The van der Waals surface area contributed by atoms with Gasteiger partial charge in [-0.05, 0) is 69.0 Å². The fourth-order valence-corrected chi connectivity index (χ4v) is 4.27. The number of nitrogens with zero attached hydrogens (tertiary/aromatic N) is 5. The van der Waals surface area contributed by atoms with Crippen LogP contribution < -0.4 is 10.6 Å². The van der Waals surface area contributed by atoms with Crippen molar-refractivity contribution in [2.75, 3.05) is 18.7 Å². The van der Waals surface area contributed by atoms with Crippen LogP contribution in [0.3, 0.4) is 0 Å². The van der Waals surface area contributed by atoms with E-state index in [2.05, 4.69) is 25.7 Å². The molecule has 1 aliphatic carbocycles. The number of amides is 3. The van der Waals surface area contributed by atoms with E-state index in [0.717, 1.165) is 23.3 Å². The third-order valence-corrected chi connectivity index (χ3v) is 6.77. The van der Waals surface area contributed by atoms with E-state index in [0.29, 0.717) is 28.1 Å². The minimum Gasteiger partial charge on any atom is -0.424 e. The summed E-state index contributed by atoms with van der Waals surface area (Å²) in [7, 11) is 0. The zero-order valence-electron chi connectivity index (χ0n) is 23.3. The molecule has 13 heteroatoms. The topological polar surface area (TPSA) is 157 Å². The number of esters is 1. The molecule has 1 fully saturated rings. The quantitative estimate of drug-likeness (QED) is 0.224. The molecule has 3 amide bonds. The number of anilines is 2. The lowest BCUT2D eigenvalue weighted by atomic mass is 10.1. The molecular weight excluding hydrogens is 542 g/mol. The Morgan fingerprint density at radius 1 is 1.10 bits per heavy atom. The number of aromatic nitrogens is 4. The Morgan fingerprint density at radius 3 is 2.62 bits per heavy atom. The molecule has 1 aromatic carbocycles. The second-order valence-electron chi connectivity index (χ2n) is 9.72. The van der Waals surface area contributed by atoms with Crippen LogP contribution in [0.4, 0.5) is 16.3 Å². The van der Waals surface area contributed by atoms with Gasteiger partial charge in [0.2, 0.25) is 6.79 Å². The number of fused-ring (bicyclic) bond motifs is 1. The highest BCUT2D eigenvalue weighted by Crippen LogP contribution is 2.28. The minimum atomic E-state index is -0.975. The van der Waals surface area contributed by atoms with E-state index in [-0.39, 0.29) is 29.6 Å². The van der Waals surface area contributed by atoms with E-state index < -0.39 is 24.8 Å². The Balaban J connectivity index is 1.32. The molecule has 13 nitrogen and oxygen atoms in total. The maximum atomic E-state index is 13.4. The van der Waals surface area contributed by atoms with Gasteiger partial charge in [0.25, 0.3) is 11.8 Å². The van der Waals surface area contributed by atoms with Crippen LogP contribution in [0.1, 0.15) is 62.0 Å². The lowest BCUT2D eigenvalue weighted by Gasteiger charge is -2.18. The molecular formula is C29H29N7O6. The van der Waals surface area contributed by atoms with Gasteiger partial charge >= 0.3 is 12.1 Å². The number of rotatable bonds is 9. The Hall–Kier alpha value is -5.33. The molecule has 42 heavy (non-hydrogen) atoms. The van der Waals surface area contributed by atoms with Gasteiger partial charge in [-0.2, -0.15) is 5.10 Å². The molecule has 0 unspecified atom stereocenters. The van der Waals surface area contributed by atoms with Gasteiger partial charge in [-0.25, -0.2) is 24.0 Å². The molecule has 0 spiro atoms. The van der Waals surface area contributed by atoms with Gasteiger partial charge in [0.15, 0.2) is 5.82 Å². The van der Waals surface area contributed by atoms with E-state index in [9.17, 15) is 19.2 Å². The number of ether oxygens (including phenoxy) is 2. The highest BCUT2D eigenvalue weighted by molar-refractivity contribution is 6.05. The maximum Gasteiger partial charge on any atom is 0.419 e. The zero-order chi connectivity index (χ0) is 29.8. The minimum absolute atomic E-state index is 0.00550. The van der Waals surface area contributed by atoms with E-state index >= 15 is 0 Å². The van der Waals surface area contributed by atoms with E-state index in [1.54, 1.807) is 32.0 Å². The summed E-state index contributed by atoms with van der Waals surface area (Å²) >= 11 is 0. The molecule has 0 aliphatic heterocycles. The standard InChI is InChI=1S/C29H29N7O6/c1-4-35(29(40)42-16-41-28(39)20-6-5-11-30-13-20)27(38)22-14-36-24(18(22)3)25(31-15-32-36)34-23-12-19(8-7-17(23)2)26(37)33-21-9-10-21/h5-8,11-15,21H,4,9-10,16H2,1-3H3,(H,33,37)(H,31,32,34). The fourth-order valence-electron chi connectivity index (χ4n) is 4.27. The second-order valence-corrected chi connectivity index (χ2v) is 9.72. The lowest BCUT2D eigenvalue weighted by Crippen LogP contribution is -2.37. The van der Waals surface area contributed by atoms with Crippen molar-refractivity contribution < 1.29 is 28.7 Å². The van der Waals surface area contributed by atoms with Crippen LogP contribution >= 0.6 is 0 Å². The number of hydrogen-bond donors (Lipinski definition) is 2. The number of nitrogens with one attached hydrogen (secondary N) is 2. The average molecular weight is 572 g/mol. The lowest BCUT2D eigenvalue weighted by molar-refractivity contribution is -0.0102. The summed E-state index contributed by atoms with van der Waals surface area (Å²) in [6.45, 7) is 4.57. The number of hydrogen-bond acceptors (Lipinski definition) is 10. The highest BCUT2D eigenvalue weighted by Gasteiger charge is 2.28. The molecule has 0 radical (unpaired) electrons. The van der Waals surface area contributed by atoms with Crippen LogP contribution in [0.5, 0.6) is 0 Å². The van der Waals surface area contributed by atoms with Crippen LogP contribution in [-0.4, -0.2) is 67.7 Å². The Bertz CT molecular complexity index is 1670. The summed E-state index contributed by atoms with van der Waals surface area (Å²) in [5, 5.41) is 10.5. The van der Waals surface area contributed by atoms with Crippen LogP contribution in [0.25, 0.3) is 5.52 Å². The molecule has 3 aromatic heterocycles. The van der Waals surface area contributed by atoms with Gasteiger partial charge in [-0.1, -0.05) is 6.07 Å². The van der Waals surface area contributed by atoms with Crippen molar-refractivity contribution >= 4 is 40.9 Å². The van der Waals surface area contributed by atoms with E-state index in [4.69, 9.17) is 9.47 Å². The monoisotopic (exact) mass is 571 g/mol. The maximum absolute atomic E-state index is 13.4.